The average Bonchev–Trinajstić information content (AvgIpc) is 2.80. The molecule has 2 rings (SSSR count). The fourth-order valence-corrected chi connectivity index (χ4v) is 3.27. The van der Waals surface area contributed by atoms with Gasteiger partial charge in [0.1, 0.15) is 5.60 Å². The van der Waals surface area contributed by atoms with Crippen LogP contribution >= 0.6 is 11.3 Å². The molecule has 1 fully saturated rings. The molecule has 21 heavy (non-hydrogen) atoms. The van der Waals surface area contributed by atoms with Crippen LogP contribution in [0.3, 0.4) is 0 Å². The van der Waals surface area contributed by atoms with Gasteiger partial charge in [-0.25, -0.2) is 4.79 Å². The Kier molecular flexibility index (Phi) is 5.27. The van der Waals surface area contributed by atoms with Crippen LogP contribution in [0.15, 0.2) is 11.4 Å². The standard InChI is InChI=1S/C16H26N2O2S/c1-12-7-10-21-14(12)11-17-13-5-8-18(9-6-13)15(19)20-16(2,3)4/h7,10,13,17H,5-6,8-9,11H2,1-4H3. The summed E-state index contributed by atoms with van der Waals surface area (Å²) in [5.41, 5.74) is 0.946. The topological polar surface area (TPSA) is 41.6 Å². The summed E-state index contributed by atoms with van der Waals surface area (Å²) >= 11 is 1.80. The van der Waals surface area contributed by atoms with E-state index in [-0.39, 0.29) is 6.09 Å². The first kappa shape index (κ1) is 16.3. The van der Waals surface area contributed by atoms with Crippen molar-refractivity contribution in [2.75, 3.05) is 13.1 Å². The predicted molar refractivity (Wildman–Crippen MR) is 86.7 cm³/mol. The number of likely N-dealkylation sites (tertiary alicyclic amines) is 1. The van der Waals surface area contributed by atoms with Crippen molar-refractivity contribution in [3.05, 3.63) is 21.9 Å². The molecule has 0 unspecified atom stereocenters. The largest absolute Gasteiger partial charge is 0.444 e. The SMILES string of the molecule is Cc1ccsc1CNC1CCN(C(=O)OC(C)(C)C)CC1. The number of hydrogen-bond acceptors (Lipinski definition) is 4. The Hall–Kier alpha value is -1.07. The molecule has 0 radical (unpaired) electrons. The lowest BCUT2D eigenvalue weighted by Gasteiger charge is -2.33. The summed E-state index contributed by atoms with van der Waals surface area (Å²) in [6, 6.07) is 2.65. The molecule has 118 valence electrons. The summed E-state index contributed by atoms with van der Waals surface area (Å²) in [7, 11) is 0. The molecule has 1 aromatic heterocycles. The molecule has 0 aromatic carbocycles. The van der Waals surface area contributed by atoms with Crippen molar-refractivity contribution < 1.29 is 9.53 Å². The molecule has 4 nitrogen and oxygen atoms in total. The van der Waals surface area contributed by atoms with Gasteiger partial charge in [0.15, 0.2) is 0 Å². The Morgan fingerprint density at radius 1 is 1.43 bits per heavy atom. The van der Waals surface area contributed by atoms with Gasteiger partial charge in [-0.05, 0) is 57.5 Å². The number of nitrogens with zero attached hydrogens (tertiary/aromatic N) is 1. The third-order valence-electron chi connectivity index (χ3n) is 3.67. The van der Waals surface area contributed by atoms with E-state index in [1.54, 1.807) is 11.3 Å². The molecule has 1 N–H and O–H groups in total. The maximum absolute atomic E-state index is 12.0. The van der Waals surface area contributed by atoms with Gasteiger partial charge in [-0.1, -0.05) is 0 Å². The first-order valence-corrected chi connectivity index (χ1v) is 8.47. The number of thiophene rings is 1. The number of piperidine rings is 1. The average molecular weight is 310 g/mol. The Labute approximate surface area is 131 Å². The Morgan fingerprint density at radius 2 is 2.10 bits per heavy atom. The Bertz CT molecular complexity index is 471. The molecule has 2 heterocycles. The van der Waals surface area contributed by atoms with Gasteiger partial charge in [-0.3, -0.25) is 0 Å². The maximum atomic E-state index is 12.0. The van der Waals surface area contributed by atoms with Gasteiger partial charge in [0.25, 0.3) is 0 Å². The van der Waals surface area contributed by atoms with E-state index in [1.165, 1.54) is 10.4 Å². The maximum Gasteiger partial charge on any atom is 0.410 e. The van der Waals surface area contributed by atoms with Gasteiger partial charge >= 0.3 is 6.09 Å². The van der Waals surface area contributed by atoms with Crippen LogP contribution in [0.5, 0.6) is 0 Å². The molecule has 0 spiro atoms. The lowest BCUT2D eigenvalue weighted by molar-refractivity contribution is 0.0198. The van der Waals surface area contributed by atoms with Crippen molar-refractivity contribution in [1.29, 1.82) is 0 Å². The van der Waals surface area contributed by atoms with Crippen molar-refractivity contribution in [1.82, 2.24) is 10.2 Å². The van der Waals surface area contributed by atoms with E-state index in [2.05, 4.69) is 23.7 Å². The van der Waals surface area contributed by atoms with E-state index in [0.717, 1.165) is 32.5 Å². The highest BCUT2D eigenvalue weighted by Crippen LogP contribution is 2.18. The molecular formula is C16H26N2O2S. The van der Waals surface area contributed by atoms with Crippen LogP contribution in [-0.2, 0) is 11.3 Å². The summed E-state index contributed by atoms with van der Waals surface area (Å²) in [4.78, 5) is 15.2. The zero-order valence-electron chi connectivity index (χ0n) is 13.4. The van der Waals surface area contributed by atoms with Gasteiger partial charge in [0.05, 0.1) is 0 Å². The zero-order chi connectivity index (χ0) is 15.5. The summed E-state index contributed by atoms with van der Waals surface area (Å²) in [6.45, 7) is 10.3. The van der Waals surface area contributed by atoms with Gasteiger partial charge in [0.2, 0.25) is 0 Å². The van der Waals surface area contributed by atoms with Crippen LogP contribution in [0.4, 0.5) is 4.79 Å². The van der Waals surface area contributed by atoms with E-state index in [9.17, 15) is 4.79 Å². The van der Waals surface area contributed by atoms with E-state index >= 15 is 0 Å². The highest BCUT2D eigenvalue weighted by Gasteiger charge is 2.26. The van der Waals surface area contributed by atoms with E-state index in [4.69, 9.17) is 4.74 Å². The second-order valence-corrected chi connectivity index (χ2v) is 7.65. The van der Waals surface area contributed by atoms with Gasteiger partial charge in [-0.2, -0.15) is 0 Å². The lowest BCUT2D eigenvalue weighted by Crippen LogP contribution is -2.46. The van der Waals surface area contributed by atoms with Crippen LogP contribution < -0.4 is 5.32 Å². The fraction of sp³-hybridized carbons (Fsp3) is 0.688. The number of rotatable bonds is 3. The molecule has 0 atom stereocenters. The molecular weight excluding hydrogens is 284 g/mol. The minimum absolute atomic E-state index is 0.185. The number of hydrogen-bond donors (Lipinski definition) is 1. The van der Waals surface area contributed by atoms with E-state index < -0.39 is 5.60 Å². The number of amides is 1. The van der Waals surface area contributed by atoms with Gasteiger partial charge in [-0.15, -0.1) is 11.3 Å². The minimum atomic E-state index is -0.414. The number of nitrogens with one attached hydrogen (secondary N) is 1. The molecule has 1 aliphatic rings. The second kappa shape index (κ2) is 6.79. The van der Waals surface area contributed by atoms with Crippen molar-refractivity contribution >= 4 is 17.4 Å². The third kappa shape index (κ3) is 5.00. The number of aryl methyl sites for hydroxylation is 1. The van der Waals surface area contributed by atoms with Crippen LogP contribution in [0.2, 0.25) is 0 Å². The number of carbonyl (C=O) groups is 1. The molecule has 1 saturated heterocycles. The molecule has 0 aliphatic carbocycles. The smallest absolute Gasteiger partial charge is 0.410 e. The summed E-state index contributed by atoms with van der Waals surface area (Å²) in [6.07, 6.45) is 1.79. The monoisotopic (exact) mass is 310 g/mol. The Balaban J connectivity index is 1.73. The van der Waals surface area contributed by atoms with Crippen molar-refractivity contribution in [3.8, 4) is 0 Å². The summed E-state index contributed by atoms with van der Waals surface area (Å²) in [5.74, 6) is 0. The minimum Gasteiger partial charge on any atom is -0.444 e. The molecule has 0 bridgehead atoms. The quantitative estimate of drug-likeness (QED) is 0.928. The fourth-order valence-electron chi connectivity index (χ4n) is 2.41. The van der Waals surface area contributed by atoms with Crippen LogP contribution in [0.1, 0.15) is 44.1 Å². The van der Waals surface area contributed by atoms with Crippen molar-refractivity contribution in [2.45, 2.75) is 58.7 Å². The molecule has 0 saturated carbocycles. The Morgan fingerprint density at radius 3 is 2.62 bits per heavy atom. The molecule has 1 aromatic rings. The van der Waals surface area contributed by atoms with Crippen molar-refractivity contribution in [2.24, 2.45) is 0 Å². The number of ether oxygens (including phenoxy) is 1. The zero-order valence-corrected chi connectivity index (χ0v) is 14.3. The lowest BCUT2D eigenvalue weighted by atomic mass is 10.1. The summed E-state index contributed by atoms with van der Waals surface area (Å²) < 4.78 is 5.42. The van der Waals surface area contributed by atoms with Gasteiger partial charge in [0, 0.05) is 30.6 Å². The predicted octanol–water partition coefficient (Wildman–Crippen LogP) is 3.55. The van der Waals surface area contributed by atoms with Crippen LogP contribution in [-0.4, -0.2) is 35.7 Å². The highest BCUT2D eigenvalue weighted by molar-refractivity contribution is 7.10. The molecule has 1 aliphatic heterocycles. The summed E-state index contributed by atoms with van der Waals surface area (Å²) in [5, 5.41) is 5.74. The van der Waals surface area contributed by atoms with Gasteiger partial charge < -0.3 is 15.0 Å². The molecule has 1 amide bonds. The second-order valence-electron chi connectivity index (χ2n) is 6.65. The normalized spacial score (nSPS) is 17.0. The van der Waals surface area contributed by atoms with E-state index in [1.807, 2.05) is 25.7 Å². The van der Waals surface area contributed by atoms with Crippen molar-refractivity contribution in [3.63, 3.8) is 0 Å². The first-order chi connectivity index (χ1) is 9.85. The number of carbonyl (C=O) groups excluding carboxylic acids is 1. The highest BCUT2D eigenvalue weighted by atomic mass is 32.1. The first-order valence-electron chi connectivity index (χ1n) is 7.59. The van der Waals surface area contributed by atoms with Crippen LogP contribution in [0, 0.1) is 6.92 Å². The third-order valence-corrected chi connectivity index (χ3v) is 4.69. The van der Waals surface area contributed by atoms with Crippen LogP contribution in [0.25, 0.3) is 0 Å². The molecule has 5 heteroatoms. The van der Waals surface area contributed by atoms with E-state index in [0.29, 0.717) is 6.04 Å².